The molecule has 2 atom stereocenters. The Bertz CT molecular complexity index is 845. The molecule has 3 rings (SSSR count). The number of fused-ring (bicyclic) bond motifs is 1. The van der Waals surface area contributed by atoms with Gasteiger partial charge in [-0.1, -0.05) is 54.6 Å². The molecular formula is C16H15NO4S. The normalized spacial score (nSPS) is 24.5. The van der Waals surface area contributed by atoms with Crippen LogP contribution in [0.2, 0.25) is 0 Å². The molecule has 22 heavy (non-hydrogen) atoms. The van der Waals surface area contributed by atoms with Crippen molar-refractivity contribution in [3.8, 4) is 0 Å². The number of hydrogen-bond donors (Lipinski definition) is 3. The average molecular weight is 317 g/mol. The van der Waals surface area contributed by atoms with Crippen LogP contribution in [0.15, 0.2) is 60.7 Å². The number of aliphatic hydroxyl groups is 1. The van der Waals surface area contributed by atoms with Crippen LogP contribution >= 0.6 is 0 Å². The third-order valence-corrected chi connectivity index (χ3v) is 5.08. The van der Waals surface area contributed by atoms with E-state index >= 15 is 0 Å². The summed E-state index contributed by atoms with van der Waals surface area (Å²) in [6.45, 7) is 0. The molecule has 0 radical (unpaired) electrons. The van der Waals surface area contributed by atoms with Crippen LogP contribution in [0.4, 0.5) is 0 Å². The summed E-state index contributed by atoms with van der Waals surface area (Å²) in [6, 6.07) is 14.7. The monoisotopic (exact) mass is 317 g/mol. The van der Waals surface area contributed by atoms with Gasteiger partial charge in [-0.2, -0.15) is 8.42 Å². The first-order valence-electron chi connectivity index (χ1n) is 6.67. The molecule has 6 heteroatoms. The van der Waals surface area contributed by atoms with Gasteiger partial charge in [-0.05, 0) is 28.3 Å². The fourth-order valence-corrected chi connectivity index (χ4v) is 3.42. The van der Waals surface area contributed by atoms with Crippen LogP contribution in [0.1, 0.15) is 22.7 Å². The van der Waals surface area contributed by atoms with Crippen molar-refractivity contribution in [3.63, 3.8) is 0 Å². The Morgan fingerprint density at radius 3 is 2.23 bits per heavy atom. The summed E-state index contributed by atoms with van der Waals surface area (Å²) < 4.78 is 32.8. The fourth-order valence-electron chi connectivity index (χ4n) is 2.70. The van der Waals surface area contributed by atoms with Gasteiger partial charge >= 0.3 is 10.1 Å². The highest BCUT2D eigenvalue weighted by Gasteiger charge is 2.49. The first kappa shape index (κ1) is 14.9. The van der Waals surface area contributed by atoms with E-state index in [1.807, 2.05) is 6.07 Å². The van der Waals surface area contributed by atoms with E-state index in [-0.39, 0.29) is 0 Å². The van der Waals surface area contributed by atoms with Gasteiger partial charge in [0.2, 0.25) is 4.93 Å². The molecule has 0 heterocycles. The van der Waals surface area contributed by atoms with Gasteiger partial charge in [0.05, 0.1) is 6.04 Å². The van der Waals surface area contributed by atoms with Crippen LogP contribution in [0.25, 0.3) is 5.57 Å². The van der Waals surface area contributed by atoms with Crippen molar-refractivity contribution < 1.29 is 18.1 Å². The lowest BCUT2D eigenvalue weighted by Crippen LogP contribution is -2.48. The van der Waals surface area contributed by atoms with Crippen LogP contribution in [0.5, 0.6) is 0 Å². The molecule has 0 saturated heterocycles. The molecule has 0 fully saturated rings. The summed E-state index contributed by atoms with van der Waals surface area (Å²) in [7, 11) is -4.80. The summed E-state index contributed by atoms with van der Waals surface area (Å²) in [4.78, 5) is -2.56. The predicted octanol–water partition coefficient (Wildman–Crippen LogP) is 1.71. The second-order valence-electron chi connectivity index (χ2n) is 5.22. The summed E-state index contributed by atoms with van der Waals surface area (Å²) in [5, 5.41) is 10.5. The highest BCUT2D eigenvalue weighted by Crippen LogP contribution is 2.42. The number of hydrogen-bond acceptors (Lipinski definition) is 4. The lowest BCUT2D eigenvalue weighted by molar-refractivity contribution is 0.130. The summed E-state index contributed by atoms with van der Waals surface area (Å²) in [5.74, 6) is 0. The van der Waals surface area contributed by atoms with E-state index in [2.05, 4.69) is 0 Å². The smallest absolute Gasteiger partial charge is 0.300 e. The maximum atomic E-state index is 11.7. The van der Waals surface area contributed by atoms with Gasteiger partial charge < -0.3 is 10.8 Å². The summed E-state index contributed by atoms with van der Waals surface area (Å²) >= 11 is 0. The van der Waals surface area contributed by atoms with Gasteiger partial charge in [0, 0.05) is 0 Å². The molecule has 0 amide bonds. The molecule has 0 saturated carbocycles. The van der Waals surface area contributed by atoms with Gasteiger partial charge in [-0.25, -0.2) is 0 Å². The SMILES string of the molecule is NC1c2ccccc2C(c2ccccc2)=CC1(O)S(=O)(=O)O. The van der Waals surface area contributed by atoms with E-state index in [0.717, 1.165) is 17.2 Å². The number of nitrogens with two attached hydrogens (primary N) is 1. The topological polar surface area (TPSA) is 101 Å². The average Bonchev–Trinajstić information content (AvgIpc) is 2.51. The van der Waals surface area contributed by atoms with Gasteiger partial charge in [-0.15, -0.1) is 0 Å². The van der Waals surface area contributed by atoms with Crippen molar-refractivity contribution in [2.24, 2.45) is 5.73 Å². The van der Waals surface area contributed by atoms with E-state index < -0.39 is 21.1 Å². The Morgan fingerprint density at radius 2 is 1.59 bits per heavy atom. The van der Waals surface area contributed by atoms with E-state index in [1.54, 1.807) is 48.5 Å². The highest BCUT2D eigenvalue weighted by molar-refractivity contribution is 7.87. The van der Waals surface area contributed by atoms with Crippen molar-refractivity contribution in [3.05, 3.63) is 77.4 Å². The second-order valence-corrected chi connectivity index (χ2v) is 6.82. The minimum absolute atomic E-state index is 0.462. The number of benzene rings is 2. The molecule has 2 aromatic carbocycles. The third-order valence-electron chi connectivity index (χ3n) is 3.88. The Labute approximate surface area is 128 Å². The van der Waals surface area contributed by atoms with Crippen LogP contribution in [0.3, 0.4) is 0 Å². The van der Waals surface area contributed by atoms with Gasteiger partial charge in [0.15, 0.2) is 0 Å². The third kappa shape index (κ3) is 2.17. The second kappa shape index (κ2) is 5.03. The largest absolute Gasteiger partial charge is 0.368 e. The molecule has 0 bridgehead atoms. The Hall–Kier alpha value is -1.99. The Kier molecular flexibility index (Phi) is 3.41. The first-order valence-corrected chi connectivity index (χ1v) is 8.11. The van der Waals surface area contributed by atoms with Crippen LogP contribution in [0, 0.1) is 0 Å². The van der Waals surface area contributed by atoms with Crippen molar-refractivity contribution >= 4 is 15.7 Å². The van der Waals surface area contributed by atoms with Gasteiger partial charge in [-0.3, -0.25) is 4.55 Å². The van der Waals surface area contributed by atoms with E-state index in [1.165, 1.54) is 0 Å². The molecule has 5 nitrogen and oxygen atoms in total. The van der Waals surface area contributed by atoms with Crippen molar-refractivity contribution in [1.82, 2.24) is 0 Å². The Morgan fingerprint density at radius 1 is 1.00 bits per heavy atom. The minimum atomic E-state index is -4.80. The lowest BCUT2D eigenvalue weighted by atomic mass is 9.83. The molecule has 1 aliphatic rings. The molecule has 0 aliphatic heterocycles. The summed E-state index contributed by atoms with van der Waals surface area (Å²) in [5.41, 5.74) is 8.35. The van der Waals surface area contributed by atoms with E-state index in [9.17, 15) is 18.1 Å². The predicted molar refractivity (Wildman–Crippen MR) is 83.4 cm³/mol. The maximum absolute atomic E-state index is 11.7. The zero-order chi connectivity index (χ0) is 16.0. The molecule has 114 valence electrons. The lowest BCUT2D eigenvalue weighted by Gasteiger charge is -2.35. The standard InChI is InChI=1S/C16H15NO4S/c17-15-13-9-5-4-8-12(13)14(11-6-2-1-3-7-11)10-16(15,18)22(19,20)21/h1-10,15,18H,17H2,(H,19,20,21). The van der Waals surface area contributed by atoms with Crippen LogP contribution in [-0.2, 0) is 10.1 Å². The molecule has 2 aromatic rings. The fraction of sp³-hybridized carbons (Fsp3) is 0.125. The molecule has 2 unspecified atom stereocenters. The van der Waals surface area contributed by atoms with Crippen molar-refractivity contribution in [2.75, 3.05) is 0 Å². The highest BCUT2D eigenvalue weighted by atomic mass is 32.2. The van der Waals surface area contributed by atoms with Crippen LogP contribution in [-0.4, -0.2) is 23.0 Å². The maximum Gasteiger partial charge on any atom is 0.300 e. The zero-order valence-electron chi connectivity index (χ0n) is 11.5. The molecule has 0 spiro atoms. The van der Waals surface area contributed by atoms with Crippen molar-refractivity contribution in [1.29, 1.82) is 0 Å². The molecule has 4 N–H and O–H groups in total. The van der Waals surface area contributed by atoms with Gasteiger partial charge in [0.25, 0.3) is 0 Å². The molecule has 1 aliphatic carbocycles. The van der Waals surface area contributed by atoms with Crippen molar-refractivity contribution in [2.45, 2.75) is 11.0 Å². The van der Waals surface area contributed by atoms with E-state index in [0.29, 0.717) is 11.1 Å². The zero-order valence-corrected chi connectivity index (χ0v) is 12.4. The van der Waals surface area contributed by atoms with E-state index in [4.69, 9.17) is 5.73 Å². The quantitative estimate of drug-likeness (QED) is 0.732. The number of rotatable bonds is 2. The Balaban J connectivity index is 2.33. The molecule has 0 aromatic heterocycles. The molecular weight excluding hydrogens is 302 g/mol. The first-order chi connectivity index (χ1) is 10.3. The van der Waals surface area contributed by atoms with Crippen LogP contribution < -0.4 is 5.73 Å². The van der Waals surface area contributed by atoms with Gasteiger partial charge in [0.1, 0.15) is 0 Å². The minimum Gasteiger partial charge on any atom is -0.368 e. The summed E-state index contributed by atoms with van der Waals surface area (Å²) in [6.07, 6.45) is 1.12.